The summed E-state index contributed by atoms with van der Waals surface area (Å²) in [6.07, 6.45) is -1.52. The Labute approximate surface area is 198 Å². The fourth-order valence-corrected chi connectivity index (χ4v) is 5.08. The number of halogens is 3. The van der Waals surface area contributed by atoms with Crippen molar-refractivity contribution in [1.82, 2.24) is 20.2 Å². The molecule has 2 aromatic carbocycles. The van der Waals surface area contributed by atoms with E-state index in [1.54, 1.807) is 36.4 Å². The van der Waals surface area contributed by atoms with Crippen LogP contribution in [0.15, 0.2) is 48.5 Å². The smallest absolute Gasteiger partial charge is 0.344 e. The average molecular weight is 484 g/mol. The van der Waals surface area contributed by atoms with Crippen LogP contribution in [0.5, 0.6) is 0 Å². The average Bonchev–Trinajstić information content (AvgIpc) is 3.38. The second-order valence-electron chi connectivity index (χ2n) is 9.03. The summed E-state index contributed by atoms with van der Waals surface area (Å²) in [4.78, 5) is 45.5. The summed E-state index contributed by atoms with van der Waals surface area (Å²) in [6, 6.07) is 12.8. The number of fused-ring (bicyclic) bond motifs is 2. The minimum atomic E-state index is -4.61. The van der Waals surface area contributed by atoms with Crippen LogP contribution in [0.25, 0.3) is 11.0 Å². The molecule has 2 heterocycles. The molecule has 0 spiro atoms. The van der Waals surface area contributed by atoms with E-state index in [0.717, 1.165) is 17.7 Å². The van der Waals surface area contributed by atoms with Crippen LogP contribution in [0.1, 0.15) is 48.7 Å². The third-order valence-electron chi connectivity index (χ3n) is 6.78. The van der Waals surface area contributed by atoms with Crippen LogP contribution in [-0.4, -0.2) is 39.1 Å². The van der Waals surface area contributed by atoms with Crippen molar-refractivity contribution in [1.29, 1.82) is 0 Å². The number of aromatic nitrogens is 2. The number of H-pyrrole nitrogens is 1. The Morgan fingerprint density at radius 1 is 1.03 bits per heavy atom. The Kier molecular flexibility index (Phi) is 5.82. The number of nitrogens with zero attached hydrogens (tertiary/aromatic N) is 2. The number of likely N-dealkylation sites (tertiary alicyclic amines) is 1. The van der Waals surface area contributed by atoms with Crippen molar-refractivity contribution < 1.29 is 27.6 Å². The molecule has 3 aromatic rings. The van der Waals surface area contributed by atoms with Gasteiger partial charge in [0.05, 0.1) is 28.9 Å². The molecule has 5 rings (SSSR count). The SMILES string of the molecule is O=C(CN1C(=O)[C@@H]2CCCC[C@H]2C1=O)N[C@@H](c1ccccc1)c1ccc2nc(C(F)(F)F)[nH]c2c1. The lowest BCUT2D eigenvalue weighted by atomic mass is 9.81. The number of alkyl halides is 3. The van der Waals surface area contributed by atoms with E-state index in [4.69, 9.17) is 0 Å². The normalized spacial score (nSPS) is 21.3. The van der Waals surface area contributed by atoms with Crippen LogP contribution >= 0.6 is 0 Å². The Balaban J connectivity index is 1.41. The predicted molar refractivity (Wildman–Crippen MR) is 120 cm³/mol. The highest BCUT2D eigenvalue weighted by Crippen LogP contribution is 2.38. The molecule has 1 aliphatic heterocycles. The number of carbonyl (C=O) groups is 3. The molecule has 1 saturated heterocycles. The van der Waals surface area contributed by atoms with Crippen LogP contribution in [0, 0.1) is 11.8 Å². The van der Waals surface area contributed by atoms with Crippen molar-refractivity contribution in [3.63, 3.8) is 0 Å². The molecule has 2 N–H and O–H groups in total. The number of nitrogens with one attached hydrogen (secondary N) is 2. The minimum Gasteiger partial charge on any atom is -0.344 e. The van der Waals surface area contributed by atoms with Crippen LogP contribution in [0.3, 0.4) is 0 Å². The number of carbonyl (C=O) groups excluding carboxylic acids is 3. The highest BCUT2D eigenvalue weighted by Gasteiger charge is 2.48. The molecule has 0 unspecified atom stereocenters. The van der Waals surface area contributed by atoms with E-state index in [-0.39, 0.29) is 34.7 Å². The van der Waals surface area contributed by atoms with Gasteiger partial charge in [-0.25, -0.2) is 4.98 Å². The lowest BCUT2D eigenvalue weighted by Gasteiger charge is -2.22. The maximum atomic E-state index is 13.1. The monoisotopic (exact) mass is 484 g/mol. The molecule has 1 aromatic heterocycles. The molecule has 1 saturated carbocycles. The highest BCUT2D eigenvalue weighted by atomic mass is 19.4. The molecule has 10 heteroatoms. The molecule has 0 bridgehead atoms. The Hall–Kier alpha value is -3.69. The van der Waals surface area contributed by atoms with Gasteiger partial charge in [0.2, 0.25) is 23.5 Å². The second-order valence-corrected chi connectivity index (χ2v) is 9.03. The van der Waals surface area contributed by atoms with Crippen LogP contribution < -0.4 is 5.32 Å². The Morgan fingerprint density at radius 3 is 2.31 bits per heavy atom. The largest absolute Gasteiger partial charge is 0.449 e. The molecule has 182 valence electrons. The fourth-order valence-electron chi connectivity index (χ4n) is 5.08. The number of imidazole rings is 1. The van der Waals surface area contributed by atoms with Crippen molar-refractivity contribution in [3.05, 3.63) is 65.5 Å². The fraction of sp³-hybridized carbons (Fsp3) is 0.360. The molecular weight excluding hydrogens is 461 g/mol. The summed E-state index contributed by atoms with van der Waals surface area (Å²) in [7, 11) is 0. The summed E-state index contributed by atoms with van der Waals surface area (Å²) in [6.45, 7) is -0.390. The zero-order valence-electron chi connectivity index (χ0n) is 18.6. The van der Waals surface area contributed by atoms with Gasteiger partial charge in [-0.1, -0.05) is 49.2 Å². The van der Waals surface area contributed by atoms with Gasteiger partial charge in [0.15, 0.2) is 0 Å². The number of benzene rings is 2. The van der Waals surface area contributed by atoms with Gasteiger partial charge in [-0.3, -0.25) is 19.3 Å². The second kappa shape index (κ2) is 8.83. The highest BCUT2D eigenvalue weighted by molar-refractivity contribution is 6.07. The lowest BCUT2D eigenvalue weighted by Crippen LogP contribution is -2.42. The molecule has 0 radical (unpaired) electrons. The van der Waals surface area contributed by atoms with Gasteiger partial charge >= 0.3 is 6.18 Å². The number of imide groups is 1. The molecule has 35 heavy (non-hydrogen) atoms. The van der Waals surface area contributed by atoms with Crippen LogP contribution in [-0.2, 0) is 20.6 Å². The Morgan fingerprint density at radius 2 is 1.69 bits per heavy atom. The van der Waals surface area contributed by atoms with Gasteiger partial charge in [0.1, 0.15) is 6.54 Å². The molecule has 1 aliphatic carbocycles. The first-order valence-electron chi connectivity index (χ1n) is 11.5. The summed E-state index contributed by atoms with van der Waals surface area (Å²) < 4.78 is 39.2. The first kappa shape index (κ1) is 23.1. The van der Waals surface area contributed by atoms with E-state index in [2.05, 4.69) is 15.3 Å². The van der Waals surface area contributed by atoms with Gasteiger partial charge in [-0.05, 0) is 36.1 Å². The number of hydrogen-bond donors (Lipinski definition) is 2. The van der Waals surface area contributed by atoms with E-state index in [0.29, 0.717) is 24.0 Å². The minimum absolute atomic E-state index is 0.148. The van der Waals surface area contributed by atoms with Crippen molar-refractivity contribution in [2.45, 2.75) is 37.9 Å². The molecular formula is C25H23F3N4O3. The molecule has 2 aliphatic rings. The van der Waals surface area contributed by atoms with Gasteiger partial charge < -0.3 is 10.3 Å². The van der Waals surface area contributed by atoms with Crippen molar-refractivity contribution in [3.8, 4) is 0 Å². The predicted octanol–water partition coefficient (Wildman–Crippen LogP) is 3.96. The summed E-state index contributed by atoms with van der Waals surface area (Å²) in [5, 5.41) is 2.86. The van der Waals surface area contributed by atoms with Gasteiger partial charge in [0, 0.05) is 0 Å². The topological polar surface area (TPSA) is 95.2 Å². The quantitative estimate of drug-likeness (QED) is 0.536. The van der Waals surface area contributed by atoms with E-state index in [1.807, 2.05) is 0 Å². The maximum absolute atomic E-state index is 13.1. The lowest BCUT2D eigenvalue weighted by molar-refractivity contribution is -0.144. The summed E-state index contributed by atoms with van der Waals surface area (Å²) in [5.74, 6) is -2.93. The van der Waals surface area contributed by atoms with Crippen molar-refractivity contribution in [2.75, 3.05) is 6.54 Å². The van der Waals surface area contributed by atoms with Crippen LogP contribution in [0.2, 0.25) is 0 Å². The van der Waals surface area contributed by atoms with Crippen LogP contribution in [0.4, 0.5) is 13.2 Å². The van der Waals surface area contributed by atoms with E-state index < -0.39 is 30.5 Å². The Bertz CT molecular complexity index is 1260. The van der Waals surface area contributed by atoms with Crippen molar-refractivity contribution in [2.24, 2.45) is 11.8 Å². The molecule has 3 amide bonds. The van der Waals surface area contributed by atoms with E-state index >= 15 is 0 Å². The number of hydrogen-bond acceptors (Lipinski definition) is 4. The third-order valence-corrected chi connectivity index (χ3v) is 6.78. The molecule has 3 atom stereocenters. The van der Waals surface area contributed by atoms with E-state index in [1.165, 1.54) is 12.1 Å². The molecule has 7 nitrogen and oxygen atoms in total. The number of amides is 3. The van der Waals surface area contributed by atoms with Gasteiger partial charge in [-0.2, -0.15) is 13.2 Å². The number of aromatic amines is 1. The zero-order valence-corrected chi connectivity index (χ0v) is 18.6. The maximum Gasteiger partial charge on any atom is 0.449 e. The first-order chi connectivity index (χ1) is 16.7. The van der Waals surface area contributed by atoms with E-state index in [9.17, 15) is 27.6 Å². The van der Waals surface area contributed by atoms with Gasteiger partial charge in [-0.15, -0.1) is 0 Å². The zero-order chi connectivity index (χ0) is 24.7. The number of rotatable bonds is 5. The van der Waals surface area contributed by atoms with Crippen molar-refractivity contribution >= 4 is 28.8 Å². The standard InChI is InChI=1S/C25H23F3N4O3/c26-25(27,28)24-29-18-11-10-15(12-19(18)30-24)21(14-6-2-1-3-7-14)31-20(33)13-32-22(34)16-8-4-5-9-17(16)23(32)35/h1-3,6-7,10-12,16-17,21H,4-5,8-9,13H2,(H,29,30)(H,31,33)/t16-,17-,21+/m1/s1. The molecule has 2 fully saturated rings. The van der Waals surface area contributed by atoms with Gasteiger partial charge in [0.25, 0.3) is 0 Å². The summed E-state index contributed by atoms with van der Waals surface area (Å²) >= 11 is 0. The third kappa shape index (κ3) is 4.40. The first-order valence-corrected chi connectivity index (χ1v) is 11.5. The summed E-state index contributed by atoms with van der Waals surface area (Å²) in [5.41, 5.74) is 1.56.